The highest BCUT2D eigenvalue weighted by Gasteiger charge is 2.33. The topological polar surface area (TPSA) is 158 Å². The number of likely N-dealkylation sites (N-methyl/N-ethyl adjacent to an activating group) is 1. The van der Waals surface area contributed by atoms with Crippen molar-refractivity contribution < 1.29 is 23.2 Å². The molecule has 200 valence electrons. The lowest BCUT2D eigenvalue weighted by molar-refractivity contribution is -0.133. The summed E-state index contributed by atoms with van der Waals surface area (Å²) in [7, 11) is 0.00118. The van der Waals surface area contributed by atoms with E-state index in [0.717, 1.165) is 8.87 Å². The van der Waals surface area contributed by atoms with Gasteiger partial charge in [0.25, 0.3) is 11.5 Å². The molecule has 0 saturated heterocycles. The number of ether oxygens (including phenoxy) is 1. The van der Waals surface area contributed by atoms with Crippen molar-refractivity contribution in [2.75, 3.05) is 7.05 Å². The first-order valence-corrected chi connectivity index (χ1v) is 12.9. The van der Waals surface area contributed by atoms with Crippen LogP contribution in [0.15, 0.2) is 75.4 Å². The molecule has 14 heteroatoms. The third-order valence-corrected chi connectivity index (χ3v) is 8.04. The summed E-state index contributed by atoms with van der Waals surface area (Å²) in [5.41, 5.74) is 0.529. The molecule has 0 spiro atoms. The predicted octanol–water partition coefficient (Wildman–Crippen LogP) is 0.811. The van der Waals surface area contributed by atoms with Crippen LogP contribution in [0.2, 0.25) is 0 Å². The van der Waals surface area contributed by atoms with Crippen molar-refractivity contribution in [3.63, 3.8) is 0 Å². The number of para-hydroxylation sites is 1. The summed E-state index contributed by atoms with van der Waals surface area (Å²) in [4.78, 5) is 42.2. The number of aromatic nitrogens is 4. The molecule has 2 N–H and O–H groups in total. The largest absolute Gasteiger partial charge is 0.457 e. The fourth-order valence-corrected chi connectivity index (χ4v) is 5.38. The van der Waals surface area contributed by atoms with Crippen LogP contribution in [0.1, 0.15) is 6.42 Å². The molecule has 2 aromatic heterocycles. The SMILES string of the molecule is CN(C(CCn1c(=O)c2c(ncn2C)n(C)c1=O)C(=O)NO)S(=O)(=O)c1ccc(Oc2ccccc2)cc1. The number of amides is 1. The van der Waals surface area contributed by atoms with Gasteiger partial charge in [-0.15, -0.1) is 0 Å². The van der Waals surface area contributed by atoms with Crippen LogP contribution in [0, 0.1) is 0 Å². The molecule has 38 heavy (non-hydrogen) atoms. The van der Waals surface area contributed by atoms with Crippen LogP contribution in [-0.2, 0) is 35.5 Å². The Morgan fingerprint density at radius 2 is 1.71 bits per heavy atom. The van der Waals surface area contributed by atoms with Gasteiger partial charge in [0.15, 0.2) is 11.2 Å². The number of fused-ring (bicyclic) bond motifs is 1. The average molecular weight is 543 g/mol. The standard InChI is InChI=1S/C24H26N6O7S/c1-27-15-25-21-20(27)23(32)30(24(33)28(21)2)14-13-19(22(31)26-34)29(3)38(35,36)18-11-9-17(10-12-18)37-16-7-5-4-6-8-16/h4-12,15,19,34H,13-14H2,1-3H3,(H,26,31). The molecule has 0 fully saturated rings. The number of nitrogens with zero attached hydrogens (tertiary/aromatic N) is 5. The van der Waals surface area contributed by atoms with E-state index in [2.05, 4.69) is 4.98 Å². The van der Waals surface area contributed by atoms with Gasteiger partial charge in [-0.05, 0) is 42.8 Å². The summed E-state index contributed by atoms with van der Waals surface area (Å²) >= 11 is 0. The van der Waals surface area contributed by atoms with Crippen LogP contribution < -0.4 is 21.5 Å². The summed E-state index contributed by atoms with van der Waals surface area (Å²) < 4.78 is 36.7. The second-order valence-electron chi connectivity index (χ2n) is 8.51. The molecule has 0 radical (unpaired) electrons. The van der Waals surface area contributed by atoms with Crippen LogP contribution in [-0.4, -0.2) is 55.6 Å². The normalized spacial score (nSPS) is 12.6. The minimum absolute atomic E-state index is 0.125. The summed E-state index contributed by atoms with van der Waals surface area (Å²) in [5, 5.41) is 9.28. The Morgan fingerprint density at radius 3 is 2.34 bits per heavy atom. The highest BCUT2D eigenvalue weighted by Crippen LogP contribution is 2.25. The van der Waals surface area contributed by atoms with Crippen LogP contribution in [0.5, 0.6) is 11.5 Å². The maximum Gasteiger partial charge on any atom is 0.332 e. The Morgan fingerprint density at radius 1 is 1.08 bits per heavy atom. The van der Waals surface area contributed by atoms with Crippen molar-refractivity contribution >= 4 is 27.1 Å². The number of hydrogen-bond acceptors (Lipinski definition) is 8. The zero-order chi connectivity index (χ0) is 27.6. The van der Waals surface area contributed by atoms with Gasteiger partial charge in [0, 0.05) is 27.7 Å². The fraction of sp³-hybridized carbons (Fsp3) is 0.250. The highest BCUT2D eigenvalue weighted by molar-refractivity contribution is 7.89. The lowest BCUT2D eigenvalue weighted by atomic mass is 10.2. The van der Waals surface area contributed by atoms with Crippen molar-refractivity contribution in [3.8, 4) is 11.5 Å². The summed E-state index contributed by atoms with van der Waals surface area (Å²) in [6, 6.07) is 13.1. The number of nitrogens with one attached hydrogen (secondary N) is 1. The maximum absolute atomic E-state index is 13.3. The number of hydrogen-bond donors (Lipinski definition) is 2. The second-order valence-corrected chi connectivity index (χ2v) is 10.5. The van der Waals surface area contributed by atoms with Crippen molar-refractivity contribution in [3.05, 3.63) is 81.8 Å². The Hall–Kier alpha value is -4.27. The quantitative estimate of drug-likeness (QED) is 0.232. The number of imidazole rings is 1. The minimum atomic E-state index is -4.23. The van der Waals surface area contributed by atoms with Gasteiger partial charge in [-0.3, -0.25) is 23.9 Å². The zero-order valence-corrected chi connectivity index (χ0v) is 21.6. The van der Waals surface area contributed by atoms with Crippen molar-refractivity contribution in [1.82, 2.24) is 28.5 Å². The number of benzene rings is 2. The maximum atomic E-state index is 13.3. The molecule has 0 bridgehead atoms. The van der Waals surface area contributed by atoms with Crippen LogP contribution in [0.4, 0.5) is 0 Å². The molecule has 4 aromatic rings. The van der Waals surface area contributed by atoms with Crippen molar-refractivity contribution in [2.24, 2.45) is 14.1 Å². The van der Waals surface area contributed by atoms with E-state index < -0.39 is 33.2 Å². The molecular weight excluding hydrogens is 516 g/mol. The van der Waals surface area contributed by atoms with Gasteiger partial charge in [0.1, 0.15) is 17.5 Å². The molecule has 0 aliphatic carbocycles. The Kier molecular flexibility index (Phi) is 7.48. The first-order chi connectivity index (χ1) is 18.1. The highest BCUT2D eigenvalue weighted by atomic mass is 32.2. The minimum Gasteiger partial charge on any atom is -0.457 e. The lowest BCUT2D eigenvalue weighted by Gasteiger charge is -2.26. The second kappa shape index (κ2) is 10.6. The molecule has 2 aromatic carbocycles. The molecule has 13 nitrogen and oxygen atoms in total. The smallest absolute Gasteiger partial charge is 0.332 e. The number of rotatable bonds is 9. The monoisotopic (exact) mass is 542 g/mol. The fourth-order valence-electron chi connectivity index (χ4n) is 4.04. The van der Waals surface area contributed by atoms with Gasteiger partial charge < -0.3 is 9.30 Å². The lowest BCUT2D eigenvalue weighted by Crippen LogP contribution is -2.48. The molecular formula is C24H26N6O7S. The van der Waals surface area contributed by atoms with Crippen LogP contribution >= 0.6 is 0 Å². The van der Waals surface area contributed by atoms with E-state index in [1.54, 1.807) is 31.3 Å². The van der Waals surface area contributed by atoms with Gasteiger partial charge >= 0.3 is 5.69 Å². The van der Waals surface area contributed by atoms with E-state index in [9.17, 15) is 28.0 Å². The third-order valence-electron chi connectivity index (χ3n) is 6.16. The summed E-state index contributed by atoms with van der Waals surface area (Å²) in [5.74, 6) is -0.0413. The molecule has 2 heterocycles. The molecule has 4 rings (SSSR count). The number of carbonyl (C=O) groups excluding carboxylic acids is 1. The molecule has 1 unspecified atom stereocenters. The van der Waals surface area contributed by atoms with Gasteiger partial charge in [0.2, 0.25) is 10.0 Å². The van der Waals surface area contributed by atoms with Gasteiger partial charge in [0.05, 0.1) is 11.2 Å². The van der Waals surface area contributed by atoms with E-state index in [4.69, 9.17) is 4.74 Å². The van der Waals surface area contributed by atoms with E-state index in [-0.39, 0.29) is 29.0 Å². The van der Waals surface area contributed by atoms with Gasteiger partial charge in [-0.2, -0.15) is 4.31 Å². The van der Waals surface area contributed by atoms with E-state index >= 15 is 0 Å². The van der Waals surface area contributed by atoms with Crippen molar-refractivity contribution in [1.29, 1.82) is 0 Å². The van der Waals surface area contributed by atoms with E-state index in [1.165, 1.54) is 59.3 Å². The van der Waals surface area contributed by atoms with Gasteiger partial charge in [-0.25, -0.2) is 23.7 Å². The third kappa shape index (κ3) is 4.96. The molecule has 0 saturated carbocycles. The number of sulfonamides is 1. The number of carbonyl (C=O) groups is 1. The average Bonchev–Trinajstić information content (AvgIpc) is 3.31. The molecule has 0 aliphatic rings. The zero-order valence-electron chi connectivity index (χ0n) is 20.8. The number of aryl methyl sites for hydroxylation is 2. The predicted molar refractivity (Wildman–Crippen MR) is 136 cm³/mol. The summed E-state index contributed by atoms with van der Waals surface area (Å²) in [6.07, 6.45) is 1.12. The van der Waals surface area contributed by atoms with Crippen molar-refractivity contribution in [2.45, 2.75) is 23.9 Å². The summed E-state index contributed by atoms with van der Waals surface area (Å²) in [6.45, 7) is -0.297. The van der Waals surface area contributed by atoms with E-state index in [1.807, 2.05) is 6.07 Å². The molecule has 1 atom stereocenters. The van der Waals surface area contributed by atoms with Gasteiger partial charge in [-0.1, -0.05) is 18.2 Å². The number of hydroxylamine groups is 1. The molecule has 1 amide bonds. The Bertz CT molecular complexity index is 1690. The van der Waals surface area contributed by atoms with Crippen LogP contribution in [0.25, 0.3) is 11.2 Å². The molecule has 0 aliphatic heterocycles. The Labute approximate surface area is 217 Å². The van der Waals surface area contributed by atoms with E-state index in [0.29, 0.717) is 11.5 Å². The first kappa shape index (κ1) is 26.8. The Balaban J connectivity index is 1.59. The van der Waals surface area contributed by atoms with Crippen LogP contribution in [0.3, 0.4) is 0 Å². The first-order valence-electron chi connectivity index (χ1n) is 11.4.